The summed E-state index contributed by atoms with van der Waals surface area (Å²) in [5.41, 5.74) is 0.899. The van der Waals surface area contributed by atoms with Gasteiger partial charge >= 0.3 is 0 Å². The van der Waals surface area contributed by atoms with Crippen molar-refractivity contribution in [1.29, 1.82) is 0 Å². The number of fused-ring (bicyclic) bond motifs is 1. The second-order valence-electron chi connectivity index (χ2n) is 6.04. The average Bonchev–Trinajstić information content (AvgIpc) is 3.32. The van der Waals surface area contributed by atoms with Crippen molar-refractivity contribution in [3.05, 3.63) is 46.2 Å². The largest absolute Gasteiger partial charge is 0.454 e. The highest BCUT2D eigenvalue weighted by Crippen LogP contribution is 2.32. The van der Waals surface area contributed by atoms with Gasteiger partial charge in [-0.25, -0.2) is 0 Å². The van der Waals surface area contributed by atoms with E-state index in [0.29, 0.717) is 24.6 Å². The van der Waals surface area contributed by atoms with Crippen LogP contribution in [0, 0.1) is 0 Å². The molecule has 1 fully saturated rings. The van der Waals surface area contributed by atoms with Gasteiger partial charge in [0, 0.05) is 11.4 Å². The number of nitrogens with one attached hydrogen (secondary N) is 1. The summed E-state index contributed by atoms with van der Waals surface area (Å²) >= 11 is 1.56. The zero-order chi connectivity index (χ0) is 17.9. The molecule has 1 saturated heterocycles. The average molecular weight is 374 g/mol. The molecule has 0 saturated carbocycles. The summed E-state index contributed by atoms with van der Waals surface area (Å²) < 4.78 is 15.9. The Morgan fingerprint density at radius 3 is 3.00 bits per heavy atom. The number of thiophene rings is 1. The third-order valence-corrected chi connectivity index (χ3v) is 5.17. The monoisotopic (exact) mass is 374 g/mol. The molecular weight excluding hydrogens is 356 g/mol. The van der Waals surface area contributed by atoms with Gasteiger partial charge in [0.05, 0.1) is 13.2 Å². The molecule has 3 heterocycles. The number of amides is 2. The summed E-state index contributed by atoms with van der Waals surface area (Å²) in [4.78, 5) is 27.5. The van der Waals surface area contributed by atoms with Crippen molar-refractivity contribution in [2.24, 2.45) is 0 Å². The van der Waals surface area contributed by atoms with Crippen LogP contribution in [0.1, 0.15) is 10.4 Å². The van der Waals surface area contributed by atoms with E-state index in [-0.39, 0.29) is 31.8 Å². The van der Waals surface area contributed by atoms with E-state index < -0.39 is 6.04 Å². The molecule has 0 spiro atoms. The normalized spacial score (nSPS) is 18.8. The van der Waals surface area contributed by atoms with Crippen LogP contribution in [0.3, 0.4) is 0 Å². The van der Waals surface area contributed by atoms with Crippen LogP contribution in [-0.4, -0.2) is 42.8 Å². The van der Waals surface area contributed by atoms with E-state index >= 15 is 0 Å². The molecule has 1 atom stereocenters. The summed E-state index contributed by atoms with van der Waals surface area (Å²) in [5.74, 6) is 0.973. The van der Waals surface area contributed by atoms with E-state index in [9.17, 15) is 9.59 Å². The van der Waals surface area contributed by atoms with E-state index in [0.717, 1.165) is 10.4 Å². The Bertz CT molecular complexity index is 808. The number of nitrogens with zero attached hydrogens (tertiary/aromatic N) is 1. The SMILES string of the molecule is O=C(NCc1ccc2c(c1)OCO2)[C@H]1COCC(=O)N1Cc1cccs1. The molecule has 4 rings (SSSR count). The minimum absolute atomic E-state index is 0.0112. The zero-order valence-corrected chi connectivity index (χ0v) is 14.8. The lowest BCUT2D eigenvalue weighted by Crippen LogP contribution is -2.55. The van der Waals surface area contributed by atoms with Gasteiger partial charge in [-0.15, -0.1) is 11.3 Å². The van der Waals surface area contributed by atoms with E-state index in [1.165, 1.54) is 0 Å². The van der Waals surface area contributed by atoms with Gasteiger partial charge < -0.3 is 24.4 Å². The van der Waals surface area contributed by atoms with Gasteiger partial charge in [0.2, 0.25) is 18.6 Å². The lowest BCUT2D eigenvalue weighted by Gasteiger charge is -2.34. The van der Waals surface area contributed by atoms with E-state index in [1.807, 2.05) is 35.7 Å². The Morgan fingerprint density at radius 1 is 1.27 bits per heavy atom. The number of carbonyl (C=O) groups excluding carboxylic acids is 2. The Labute approximate surface area is 154 Å². The Balaban J connectivity index is 1.41. The molecule has 1 aromatic carbocycles. The van der Waals surface area contributed by atoms with Crippen molar-refractivity contribution >= 4 is 23.2 Å². The van der Waals surface area contributed by atoms with Crippen molar-refractivity contribution in [2.45, 2.75) is 19.1 Å². The lowest BCUT2D eigenvalue weighted by molar-refractivity contribution is -0.155. The predicted octanol–water partition coefficient (Wildman–Crippen LogP) is 1.52. The molecule has 2 aromatic rings. The van der Waals surface area contributed by atoms with Crippen LogP contribution in [-0.2, 0) is 27.4 Å². The Kier molecular flexibility index (Phi) is 4.77. The topological polar surface area (TPSA) is 77.1 Å². The van der Waals surface area contributed by atoms with E-state index in [4.69, 9.17) is 14.2 Å². The number of hydrogen-bond donors (Lipinski definition) is 1. The third kappa shape index (κ3) is 3.51. The fraction of sp³-hybridized carbons (Fsp3) is 0.333. The smallest absolute Gasteiger partial charge is 0.249 e. The molecule has 0 bridgehead atoms. The van der Waals surface area contributed by atoms with Gasteiger partial charge in [-0.3, -0.25) is 9.59 Å². The van der Waals surface area contributed by atoms with Crippen LogP contribution in [0.15, 0.2) is 35.7 Å². The van der Waals surface area contributed by atoms with Crippen molar-refractivity contribution < 1.29 is 23.8 Å². The summed E-state index contributed by atoms with van der Waals surface area (Å²) in [5, 5.41) is 4.84. The summed E-state index contributed by atoms with van der Waals surface area (Å²) in [7, 11) is 0. The molecule has 136 valence electrons. The van der Waals surface area contributed by atoms with E-state index in [1.54, 1.807) is 16.2 Å². The Morgan fingerprint density at radius 2 is 2.15 bits per heavy atom. The first-order valence-electron chi connectivity index (χ1n) is 8.26. The number of carbonyl (C=O) groups is 2. The van der Waals surface area contributed by atoms with Crippen molar-refractivity contribution in [3.8, 4) is 11.5 Å². The third-order valence-electron chi connectivity index (χ3n) is 4.31. The quantitative estimate of drug-likeness (QED) is 0.859. The molecule has 2 amide bonds. The molecular formula is C18H18N2O5S. The van der Waals surface area contributed by atoms with Crippen LogP contribution >= 0.6 is 11.3 Å². The summed E-state index contributed by atoms with van der Waals surface area (Å²) in [6.45, 7) is 1.18. The van der Waals surface area contributed by atoms with Gasteiger partial charge in [-0.1, -0.05) is 12.1 Å². The molecule has 0 aliphatic carbocycles. The first kappa shape index (κ1) is 16.9. The highest BCUT2D eigenvalue weighted by Gasteiger charge is 2.34. The number of ether oxygens (including phenoxy) is 3. The molecule has 0 unspecified atom stereocenters. The van der Waals surface area contributed by atoms with Gasteiger partial charge in [0.1, 0.15) is 12.6 Å². The van der Waals surface area contributed by atoms with Gasteiger partial charge in [0.25, 0.3) is 0 Å². The van der Waals surface area contributed by atoms with Crippen molar-refractivity contribution in [3.63, 3.8) is 0 Å². The van der Waals surface area contributed by atoms with Gasteiger partial charge in [-0.2, -0.15) is 0 Å². The molecule has 8 heteroatoms. The number of hydrogen-bond acceptors (Lipinski definition) is 6. The fourth-order valence-corrected chi connectivity index (χ4v) is 3.65. The molecule has 7 nitrogen and oxygen atoms in total. The fourth-order valence-electron chi connectivity index (χ4n) is 2.95. The molecule has 1 N–H and O–H groups in total. The number of morpholine rings is 1. The minimum Gasteiger partial charge on any atom is -0.454 e. The summed E-state index contributed by atoms with van der Waals surface area (Å²) in [6.07, 6.45) is 0. The Hall–Kier alpha value is -2.58. The van der Waals surface area contributed by atoms with Gasteiger partial charge in [0.15, 0.2) is 11.5 Å². The maximum absolute atomic E-state index is 12.7. The van der Waals surface area contributed by atoms with Crippen LogP contribution in [0.5, 0.6) is 11.5 Å². The number of rotatable bonds is 5. The summed E-state index contributed by atoms with van der Waals surface area (Å²) in [6, 6.07) is 8.79. The first-order valence-corrected chi connectivity index (χ1v) is 9.14. The second-order valence-corrected chi connectivity index (χ2v) is 7.07. The maximum Gasteiger partial charge on any atom is 0.249 e. The van der Waals surface area contributed by atoms with E-state index in [2.05, 4.69) is 5.32 Å². The molecule has 1 aromatic heterocycles. The van der Waals surface area contributed by atoms with Crippen molar-refractivity contribution in [2.75, 3.05) is 20.0 Å². The zero-order valence-electron chi connectivity index (χ0n) is 14.0. The van der Waals surface area contributed by atoms with Crippen LogP contribution in [0.25, 0.3) is 0 Å². The first-order chi connectivity index (χ1) is 12.7. The predicted molar refractivity (Wildman–Crippen MR) is 93.9 cm³/mol. The van der Waals surface area contributed by atoms with Crippen molar-refractivity contribution in [1.82, 2.24) is 10.2 Å². The van der Waals surface area contributed by atoms with Crippen LogP contribution < -0.4 is 14.8 Å². The lowest BCUT2D eigenvalue weighted by atomic mass is 10.1. The molecule has 2 aliphatic heterocycles. The molecule has 26 heavy (non-hydrogen) atoms. The molecule has 2 aliphatic rings. The standard InChI is InChI=1S/C18H18N2O5S/c21-17-10-23-9-14(20(17)8-13-2-1-5-26-13)18(22)19-7-12-3-4-15-16(6-12)25-11-24-15/h1-6,14H,7-11H2,(H,19,22)/t14-/m1/s1. The second kappa shape index (κ2) is 7.35. The highest BCUT2D eigenvalue weighted by molar-refractivity contribution is 7.09. The minimum atomic E-state index is -0.632. The highest BCUT2D eigenvalue weighted by atomic mass is 32.1. The van der Waals surface area contributed by atoms with Crippen LogP contribution in [0.2, 0.25) is 0 Å². The van der Waals surface area contributed by atoms with Crippen LogP contribution in [0.4, 0.5) is 0 Å². The maximum atomic E-state index is 12.7. The van der Waals surface area contributed by atoms with Gasteiger partial charge in [-0.05, 0) is 29.1 Å². The molecule has 0 radical (unpaired) electrons. The number of benzene rings is 1.